The molecule has 2 aliphatic heterocycles. The molecule has 0 bridgehead atoms. The van der Waals surface area contributed by atoms with E-state index in [9.17, 15) is 5.11 Å². The van der Waals surface area contributed by atoms with Gasteiger partial charge in [0.1, 0.15) is 0 Å². The molecule has 6 heteroatoms. The zero-order valence-electron chi connectivity index (χ0n) is 10.3. The molecule has 0 aromatic heterocycles. The molecule has 0 aromatic carbocycles. The van der Waals surface area contributed by atoms with Crippen molar-refractivity contribution in [1.29, 1.82) is 0 Å². The van der Waals surface area contributed by atoms with E-state index in [0.717, 1.165) is 59.2 Å². The first-order chi connectivity index (χ1) is 8.34. The summed E-state index contributed by atoms with van der Waals surface area (Å²) in [7, 11) is 0. The van der Waals surface area contributed by atoms with Crippen molar-refractivity contribution in [3.63, 3.8) is 0 Å². The minimum Gasteiger partial charge on any atom is -0.390 e. The van der Waals surface area contributed by atoms with Gasteiger partial charge in [0.05, 0.1) is 32.5 Å². The van der Waals surface area contributed by atoms with Gasteiger partial charge in [-0.3, -0.25) is 10.3 Å². The molecule has 0 radical (unpaired) electrons. The van der Waals surface area contributed by atoms with E-state index < -0.39 is 0 Å². The van der Waals surface area contributed by atoms with Crippen molar-refractivity contribution >= 4 is 0 Å². The largest absolute Gasteiger partial charge is 0.390 e. The van der Waals surface area contributed by atoms with E-state index in [-0.39, 0.29) is 6.10 Å². The normalized spacial score (nSPS) is 25.9. The Morgan fingerprint density at radius 2 is 1.59 bits per heavy atom. The van der Waals surface area contributed by atoms with Gasteiger partial charge in [-0.25, -0.2) is 5.01 Å². The summed E-state index contributed by atoms with van der Waals surface area (Å²) >= 11 is 0. The van der Waals surface area contributed by atoms with Crippen LogP contribution in [0.2, 0.25) is 0 Å². The van der Waals surface area contributed by atoms with E-state index >= 15 is 0 Å². The molecule has 0 aliphatic carbocycles. The molecular formula is C11H23N3O3. The van der Waals surface area contributed by atoms with E-state index in [1.54, 1.807) is 0 Å². The summed E-state index contributed by atoms with van der Waals surface area (Å²) in [6.07, 6.45) is -0.323. The number of nitrogens with one attached hydrogen (secondary N) is 1. The fraction of sp³-hybridized carbons (Fsp3) is 1.00. The van der Waals surface area contributed by atoms with Crippen LogP contribution >= 0.6 is 0 Å². The molecular weight excluding hydrogens is 222 g/mol. The highest BCUT2D eigenvalue weighted by molar-refractivity contribution is 4.69. The van der Waals surface area contributed by atoms with Gasteiger partial charge in [-0.2, -0.15) is 0 Å². The molecule has 6 nitrogen and oxygen atoms in total. The lowest BCUT2D eigenvalue weighted by atomic mass is 10.3. The molecule has 2 N–H and O–H groups in total. The van der Waals surface area contributed by atoms with Crippen LogP contribution in [0.1, 0.15) is 0 Å². The van der Waals surface area contributed by atoms with Crippen LogP contribution in [0.25, 0.3) is 0 Å². The van der Waals surface area contributed by atoms with Crippen molar-refractivity contribution in [1.82, 2.24) is 15.3 Å². The molecule has 100 valence electrons. The van der Waals surface area contributed by atoms with Gasteiger partial charge >= 0.3 is 0 Å². The Kier molecular flexibility index (Phi) is 5.63. The van der Waals surface area contributed by atoms with Crippen LogP contribution in [-0.4, -0.2) is 86.8 Å². The van der Waals surface area contributed by atoms with Crippen LogP contribution in [-0.2, 0) is 9.47 Å². The van der Waals surface area contributed by atoms with E-state index in [2.05, 4.69) is 15.3 Å². The molecule has 0 spiro atoms. The smallest absolute Gasteiger partial charge is 0.0805 e. The molecule has 0 amide bonds. The monoisotopic (exact) mass is 245 g/mol. The lowest BCUT2D eigenvalue weighted by molar-refractivity contribution is -0.00947. The first-order valence-electron chi connectivity index (χ1n) is 6.39. The summed E-state index contributed by atoms with van der Waals surface area (Å²) in [6.45, 7) is 8.07. The maximum atomic E-state index is 9.93. The third-order valence-corrected chi connectivity index (χ3v) is 3.13. The topological polar surface area (TPSA) is 57.2 Å². The third kappa shape index (κ3) is 4.87. The zero-order valence-corrected chi connectivity index (χ0v) is 10.3. The minimum absolute atomic E-state index is 0.323. The van der Waals surface area contributed by atoms with Gasteiger partial charge in [-0.15, -0.1) is 0 Å². The maximum Gasteiger partial charge on any atom is 0.0805 e. The number of hydrogen-bond acceptors (Lipinski definition) is 6. The molecule has 2 aliphatic rings. The highest BCUT2D eigenvalue weighted by Crippen LogP contribution is 1.99. The second kappa shape index (κ2) is 7.25. The van der Waals surface area contributed by atoms with Gasteiger partial charge in [0.15, 0.2) is 0 Å². The molecule has 1 unspecified atom stereocenters. The number of nitrogens with zero attached hydrogens (tertiary/aromatic N) is 2. The van der Waals surface area contributed by atoms with E-state index in [1.807, 2.05) is 0 Å². The number of morpholine rings is 2. The molecule has 2 heterocycles. The number of ether oxygens (including phenoxy) is 2. The van der Waals surface area contributed by atoms with Crippen molar-refractivity contribution in [3.05, 3.63) is 0 Å². The van der Waals surface area contributed by atoms with Gasteiger partial charge in [-0.05, 0) is 0 Å². The van der Waals surface area contributed by atoms with Crippen molar-refractivity contribution in [2.75, 3.05) is 65.7 Å². The zero-order chi connectivity index (χ0) is 11.9. The number of aliphatic hydroxyl groups is 1. The molecule has 0 saturated carbocycles. The van der Waals surface area contributed by atoms with Crippen LogP contribution in [0.15, 0.2) is 0 Å². The van der Waals surface area contributed by atoms with Gasteiger partial charge in [-0.1, -0.05) is 0 Å². The summed E-state index contributed by atoms with van der Waals surface area (Å²) in [6, 6.07) is 0. The average Bonchev–Trinajstić information content (AvgIpc) is 2.39. The van der Waals surface area contributed by atoms with E-state index in [1.165, 1.54) is 0 Å². The van der Waals surface area contributed by atoms with Crippen LogP contribution in [0, 0.1) is 0 Å². The highest BCUT2D eigenvalue weighted by atomic mass is 16.5. The quantitative estimate of drug-likeness (QED) is 0.616. The molecule has 1 atom stereocenters. The number of β-amino-alcohol motifs (C(OH)–C–C–N with tert-alkyl or cyclic N) is 1. The summed E-state index contributed by atoms with van der Waals surface area (Å²) in [5.41, 5.74) is 3.26. The average molecular weight is 245 g/mol. The molecule has 17 heavy (non-hydrogen) atoms. The second-order valence-electron chi connectivity index (χ2n) is 4.53. The van der Waals surface area contributed by atoms with Crippen molar-refractivity contribution < 1.29 is 14.6 Å². The van der Waals surface area contributed by atoms with Crippen LogP contribution in [0.5, 0.6) is 0 Å². The minimum atomic E-state index is -0.323. The molecule has 0 aromatic rings. The highest BCUT2D eigenvalue weighted by Gasteiger charge is 2.16. The standard InChI is InChI=1S/C11H23N3O3/c15-11(10-13-1-5-16-6-2-13)9-12-14-3-7-17-8-4-14/h11-12,15H,1-10H2. The Balaban J connectivity index is 1.57. The van der Waals surface area contributed by atoms with Gasteiger partial charge in [0, 0.05) is 39.3 Å². The van der Waals surface area contributed by atoms with Crippen LogP contribution < -0.4 is 5.43 Å². The first kappa shape index (κ1) is 13.2. The number of hydrazine groups is 1. The lowest BCUT2D eigenvalue weighted by Gasteiger charge is -2.31. The van der Waals surface area contributed by atoms with Gasteiger partial charge in [0.2, 0.25) is 0 Å². The van der Waals surface area contributed by atoms with E-state index in [0.29, 0.717) is 6.54 Å². The summed E-state index contributed by atoms with van der Waals surface area (Å²) in [5, 5.41) is 12.0. The third-order valence-electron chi connectivity index (χ3n) is 3.13. The molecule has 2 saturated heterocycles. The fourth-order valence-corrected chi connectivity index (χ4v) is 2.10. The second-order valence-corrected chi connectivity index (χ2v) is 4.53. The number of hydrogen-bond donors (Lipinski definition) is 2. The molecule has 2 fully saturated rings. The fourth-order valence-electron chi connectivity index (χ4n) is 2.10. The van der Waals surface area contributed by atoms with Crippen molar-refractivity contribution in [2.45, 2.75) is 6.10 Å². The Hall–Kier alpha value is -0.240. The van der Waals surface area contributed by atoms with Crippen molar-refractivity contribution in [2.24, 2.45) is 0 Å². The summed E-state index contributed by atoms with van der Waals surface area (Å²) < 4.78 is 10.5. The Morgan fingerprint density at radius 1 is 1.00 bits per heavy atom. The van der Waals surface area contributed by atoms with Crippen LogP contribution in [0.4, 0.5) is 0 Å². The Labute approximate surface area is 102 Å². The number of rotatable bonds is 5. The first-order valence-corrected chi connectivity index (χ1v) is 6.39. The predicted molar refractivity (Wildman–Crippen MR) is 63.7 cm³/mol. The molecule has 2 rings (SSSR count). The van der Waals surface area contributed by atoms with Gasteiger partial charge < -0.3 is 14.6 Å². The SMILES string of the molecule is OC(CNN1CCOCC1)CN1CCOCC1. The summed E-state index contributed by atoms with van der Waals surface area (Å²) in [4.78, 5) is 2.25. The van der Waals surface area contributed by atoms with Gasteiger partial charge in [0.25, 0.3) is 0 Å². The van der Waals surface area contributed by atoms with E-state index in [4.69, 9.17) is 9.47 Å². The number of aliphatic hydroxyl groups excluding tert-OH is 1. The predicted octanol–water partition coefficient (Wildman–Crippen LogP) is -1.48. The Bertz CT molecular complexity index is 206. The van der Waals surface area contributed by atoms with Crippen LogP contribution in [0.3, 0.4) is 0 Å². The lowest BCUT2D eigenvalue weighted by Crippen LogP contribution is -2.50. The Morgan fingerprint density at radius 3 is 2.24 bits per heavy atom. The maximum absolute atomic E-state index is 9.93. The summed E-state index contributed by atoms with van der Waals surface area (Å²) in [5.74, 6) is 0. The van der Waals surface area contributed by atoms with Crippen molar-refractivity contribution in [3.8, 4) is 0 Å².